The summed E-state index contributed by atoms with van der Waals surface area (Å²) in [6.07, 6.45) is -0.753. The average Bonchev–Trinajstić information content (AvgIpc) is 2.59. The van der Waals surface area contributed by atoms with Gasteiger partial charge in [0.2, 0.25) is 5.91 Å². The normalized spacial score (nSPS) is 13.2. The van der Waals surface area contributed by atoms with Crippen molar-refractivity contribution in [3.63, 3.8) is 0 Å². The quantitative estimate of drug-likeness (QED) is 0.667. The molecule has 2 unspecified atom stereocenters. The van der Waals surface area contributed by atoms with E-state index in [1.54, 1.807) is 20.8 Å². The summed E-state index contributed by atoms with van der Waals surface area (Å²) in [5, 5.41) is 4.96. The van der Waals surface area contributed by atoms with E-state index in [1.807, 2.05) is 30.3 Å². The van der Waals surface area contributed by atoms with Gasteiger partial charge < -0.3 is 24.8 Å². The minimum Gasteiger partial charge on any atom is -0.467 e. The largest absolute Gasteiger partial charge is 0.467 e. The van der Waals surface area contributed by atoms with Gasteiger partial charge in [-0.1, -0.05) is 30.3 Å². The Kier molecular flexibility index (Phi) is 8.74. The Labute approximate surface area is 159 Å². The molecule has 0 aliphatic carbocycles. The lowest BCUT2D eigenvalue weighted by Crippen LogP contribution is -2.53. The Bertz CT molecular complexity index is 627. The van der Waals surface area contributed by atoms with E-state index < -0.39 is 35.7 Å². The number of hydrogen-bond donors (Lipinski definition) is 2. The van der Waals surface area contributed by atoms with Gasteiger partial charge in [-0.3, -0.25) is 4.79 Å². The highest BCUT2D eigenvalue weighted by Crippen LogP contribution is 2.07. The lowest BCUT2D eigenvalue weighted by molar-refractivity contribution is -0.144. The first-order chi connectivity index (χ1) is 12.6. The molecule has 150 valence electrons. The molecule has 1 rings (SSSR count). The van der Waals surface area contributed by atoms with Crippen LogP contribution in [0.2, 0.25) is 0 Å². The molecule has 0 saturated heterocycles. The fourth-order valence-corrected chi connectivity index (χ4v) is 2.05. The van der Waals surface area contributed by atoms with Gasteiger partial charge in [0.25, 0.3) is 0 Å². The number of amides is 2. The van der Waals surface area contributed by atoms with Crippen LogP contribution in [-0.2, 0) is 30.4 Å². The van der Waals surface area contributed by atoms with Crippen molar-refractivity contribution in [2.24, 2.45) is 0 Å². The number of alkyl carbamates (subject to hydrolysis) is 1. The number of benzene rings is 1. The highest BCUT2D eigenvalue weighted by molar-refractivity contribution is 5.89. The van der Waals surface area contributed by atoms with Gasteiger partial charge in [0.15, 0.2) is 0 Å². The molecule has 0 spiro atoms. The van der Waals surface area contributed by atoms with Crippen LogP contribution in [0.4, 0.5) is 4.79 Å². The van der Waals surface area contributed by atoms with E-state index in [-0.39, 0.29) is 13.2 Å². The highest BCUT2D eigenvalue weighted by Gasteiger charge is 2.27. The second-order valence-electron chi connectivity index (χ2n) is 6.95. The lowest BCUT2D eigenvalue weighted by atomic mass is 10.2. The maximum absolute atomic E-state index is 12.4. The summed E-state index contributed by atoms with van der Waals surface area (Å²) in [5.41, 5.74) is 0.215. The summed E-state index contributed by atoms with van der Waals surface area (Å²) in [6, 6.07) is 7.51. The molecule has 0 radical (unpaired) electrons. The summed E-state index contributed by atoms with van der Waals surface area (Å²) in [4.78, 5) is 36.0. The van der Waals surface area contributed by atoms with E-state index in [0.717, 1.165) is 5.56 Å². The maximum Gasteiger partial charge on any atom is 0.408 e. The third kappa shape index (κ3) is 9.05. The van der Waals surface area contributed by atoms with Gasteiger partial charge in [0.1, 0.15) is 17.7 Å². The second-order valence-corrected chi connectivity index (χ2v) is 6.95. The van der Waals surface area contributed by atoms with Gasteiger partial charge in [0, 0.05) is 0 Å². The monoisotopic (exact) mass is 380 g/mol. The summed E-state index contributed by atoms with van der Waals surface area (Å²) in [5.74, 6) is -1.17. The van der Waals surface area contributed by atoms with E-state index in [0.29, 0.717) is 0 Å². The number of ether oxygens (including phenoxy) is 3. The molecule has 2 N–H and O–H groups in total. The molecule has 2 amide bonds. The zero-order chi connectivity index (χ0) is 20.4. The van der Waals surface area contributed by atoms with Crippen LogP contribution >= 0.6 is 0 Å². The van der Waals surface area contributed by atoms with Crippen molar-refractivity contribution in [2.75, 3.05) is 13.7 Å². The number of esters is 1. The molecule has 1 aromatic carbocycles. The van der Waals surface area contributed by atoms with E-state index in [9.17, 15) is 14.4 Å². The summed E-state index contributed by atoms with van der Waals surface area (Å²) in [7, 11) is 1.23. The van der Waals surface area contributed by atoms with Crippen molar-refractivity contribution in [3.8, 4) is 0 Å². The second kappa shape index (κ2) is 10.5. The van der Waals surface area contributed by atoms with Gasteiger partial charge >= 0.3 is 12.1 Å². The summed E-state index contributed by atoms with van der Waals surface area (Å²) in [6.45, 7) is 6.81. The van der Waals surface area contributed by atoms with Gasteiger partial charge in [-0.05, 0) is 33.3 Å². The molecule has 0 saturated carbocycles. The van der Waals surface area contributed by atoms with E-state index in [1.165, 1.54) is 14.0 Å². The van der Waals surface area contributed by atoms with E-state index in [4.69, 9.17) is 9.47 Å². The molecule has 8 nitrogen and oxygen atoms in total. The molecule has 1 aromatic rings. The molecule has 27 heavy (non-hydrogen) atoms. The van der Waals surface area contributed by atoms with Crippen molar-refractivity contribution in [1.82, 2.24) is 10.6 Å². The van der Waals surface area contributed by atoms with Crippen LogP contribution in [-0.4, -0.2) is 49.4 Å². The molecule has 0 aliphatic heterocycles. The molecule has 0 fully saturated rings. The first-order valence-corrected chi connectivity index (χ1v) is 8.61. The predicted molar refractivity (Wildman–Crippen MR) is 98.9 cm³/mol. The van der Waals surface area contributed by atoms with Gasteiger partial charge in [-0.15, -0.1) is 0 Å². The van der Waals surface area contributed by atoms with Crippen molar-refractivity contribution in [3.05, 3.63) is 35.9 Å². The predicted octanol–water partition coefficient (Wildman–Crippen LogP) is 1.77. The fourth-order valence-electron chi connectivity index (χ4n) is 2.05. The zero-order valence-corrected chi connectivity index (χ0v) is 16.4. The molecule has 0 bridgehead atoms. The van der Waals surface area contributed by atoms with Crippen LogP contribution in [0, 0.1) is 0 Å². The van der Waals surface area contributed by atoms with E-state index in [2.05, 4.69) is 15.4 Å². The Hall–Kier alpha value is -2.61. The van der Waals surface area contributed by atoms with Gasteiger partial charge in [-0.25, -0.2) is 9.59 Å². The Balaban J connectivity index is 2.70. The molecule has 0 heterocycles. The minimum atomic E-state index is -1.03. The van der Waals surface area contributed by atoms with Crippen LogP contribution < -0.4 is 10.6 Å². The van der Waals surface area contributed by atoms with Crippen molar-refractivity contribution in [1.29, 1.82) is 0 Å². The summed E-state index contributed by atoms with van der Waals surface area (Å²) >= 11 is 0. The zero-order valence-electron chi connectivity index (χ0n) is 16.4. The first kappa shape index (κ1) is 22.4. The van der Waals surface area contributed by atoms with Gasteiger partial charge in [-0.2, -0.15) is 0 Å². The van der Waals surface area contributed by atoms with Crippen LogP contribution in [0.3, 0.4) is 0 Å². The third-order valence-corrected chi connectivity index (χ3v) is 3.32. The van der Waals surface area contributed by atoms with Crippen LogP contribution in [0.15, 0.2) is 30.3 Å². The minimum absolute atomic E-state index is 0.0894. The first-order valence-electron chi connectivity index (χ1n) is 8.61. The Morgan fingerprint density at radius 2 is 1.70 bits per heavy atom. The van der Waals surface area contributed by atoms with Crippen LogP contribution in [0.5, 0.6) is 0 Å². The lowest BCUT2D eigenvalue weighted by Gasteiger charge is -2.24. The molecule has 0 aliphatic rings. The Morgan fingerprint density at radius 3 is 2.26 bits per heavy atom. The molecule has 2 atom stereocenters. The third-order valence-electron chi connectivity index (χ3n) is 3.32. The standard InChI is InChI=1S/C19H28N2O6/c1-13(17(23)25-5)20-16(22)15(21-18(24)27-19(2,3)4)12-26-11-14-9-7-6-8-10-14/h6-10,13,15H,11-12H2,1-5H3,(H,20,22)(H,21,24). The number of rotatable bonds is 8. The smallest absolute Gasteiger partial charge is 0.408 e. The van der Waals surface area contributed by atoms with Crippen molar-refractivity contribution < 1.29 is 28.6 Å². The summed E-state index contributed by atoms with van der Waals surface area (Å²) < 4.78 is 15.3. The highest BCUT2D eigenvalue weighted by atomic mass is 16.6. The van der Waals surface area contributed by atoms with Crippen LogP contribution in [0.1, 0.15) is 33.3 Å². The molecule has 8 heteroatoms. The number of carbonyl (C=O) groups excluding carboxylic acids is 3. The van der Waals surface area contributed by atoms with Crippen molar-refractivity contribution in [2.45, 2.75) is 52.0 Å². The van der Waals surface area contributed by atoms with E-state index >= 15 is 0 Å². The van der Waals surface area contributed by atoms with Crippen molar-refractivity contribution >= 4 is 18.0 Å². The molecule has 0 aromatic heterocycles. The van der Waals surface area contributed by atoms with Gasteiger partial charge in [0.05, 0.1) is 20.3 Å². The fraction of sp³-hybridized carbons (Fsp3) is 0.526. The number of methoxy groups -OCH3 is 1. The Morgan fingerprint density at radius 1 is 1.07 bits per heavy atom. The average molecular weight is 380 g/mol. The maximum atomic E-state index is 12.4. The van der Waals surface area contributed by atoms with Crippen LogP contribution in [0.25, 0.3) is 0 Å². The topological polar surface area (TPSA) is 103 Å². The number of carbonyl (C=O) groups is 3. The SMILES string of the molecule is COC(=O)C(C)NC(=O)C(COCc1ccccc1)NC(=O)OC(C)(C)C. The molecular weight excluding hydrogens is 352 g/mol. The molecular formula is C19H28N2O6. The number of nitrogens with one attached hydrogen (secondary N) is 2. The number of hydrogen-bond acceptors (Lipinski definition) is 6.